The van der Waals surface area contributed by atoms with Crippen molar-refractivity contribution in [2.24, 2.45) is 0 Å². The molecule has 0 saturated carbocycles. The summed E-state index contributed by atoms with van der Waals surface area (Å²) >= 11 is 0. The molecule has 0 saturated heterocycles. The van der Waals surface area contributed by atoms with E-state index >= 15 is 0 Å². The molecule has 17 nitrogen and oxygen atoms in total. The fourth-order valence-corrected chi connectivity index (χ4v) is 4.81. The van der Waals surface area contributed by atoms with Gasteiger partial charge in [-0.3, -0.25) is 23.8 Å². The Morgan fingerprint density at radius 3 is 0.947 bits per heavy atom. The molecule has 0 bridgehead atoms. The zero-order valence-electron chi connectivity index (χ0n) is 21.0. The average Bonchev–Trinajstić information content (AvgIpc) is 2.77. The highest BCUT2D eigenvalue weighted by Gasteiger charge is 2.23. The van der Waals surface area contributed by atoms with Gasteiger partial charge in [0.2, 0.25) is 0 Å². The molecule has 38 heavy (non-hydrogen) atoms. The molecule has 0 aliphatic carbocycles. The lowest BCUT2D eigenvalue weighted by atomic mass is 10.2. The van der Waals surface area contributed by atoms with E-state index in [1.54, 1.807) is 4.90 Å². The minimum atomic E-state index is -4.48. The van der Waals surface area contributed by atoms with Crippen LogP contribution in [0.3, 0.4) is 0 Å². The molecule has 0 amide bonds. The molecule has 5 unspecified atom stereocenters. The van der Waals surface area contributed by atoms with Crippen molar-refractivity contribution in [1.29, 1.82) is 0 Å². The van der Waals surface area contributed by atoms with Crippen LogP contribution in [0.2, 0.25) is 0 Å². The first-order valence-electron chi connectivity index (χ1n) is 11.8. The van der Waals surface area contributed by atoms with Crippen molar-refractivity contribution in [3.8, 4) is 0 Å². The zero-order valence-corrected chi connectivity index (χ0v) is 22.7. The molecule has 5 atom stereocenters. The van der Waals surface area contributed by atoms with E-state index < -0.39 is 82.1 Å². The van der Waals surface area contributed by atoms with Gasteiger partial charge in [-0.15, -0.1) is 0 Å². The smallest absolute Gasteiger partial charge is 0.267 e. The molecule has 0 rings (SSSR count). The second-order valence-electron chi connectivity index (χ2n) is 9.13. The summed E-state index contributed by atoms with van der Waals surface area (Å²) in [5.41, 5.74) is 0. The van der Waals surface area contributed by atoms with E-state index in [1.165, 1.54) is 9.80 Å². The summed E-state index contributed by atoms with van der Waals surface area (Å²) < 4.78 is 62.1. The zero-order chi connectivity index (χ0) is 29.5. The predicted octanol–water partition coefficient (Wildman–Crippen LogP) is -6.55. The number of nitrogens with zero attached hydrogens (tertiary/aromatic N) is 3. The Kier molecular flexibility index (Phi) is 18.4. The summed E-state index contributed by atoms with van der Waals surface area (Å²) in [6, 6.07) is 0. The number of hydrogen-bond acceptors (Lipinski definition) is 15. The van der Waals surface area contributed by atoms with Gasteiger partial charge in [0.1, 0.15) is 11.5 Å². The lowest BCUT2D eigenvalue weighted by molar-refractivity contribution is 0.0212. The van der Waals surface area contributed by atoms with Crippen LogP contribution in [-0.4, -0.2) is 202 Å². The fraction of sp³-hybridized carbons (Fsp3) is 1.00. The third kappa shape index (κ3) is 20.3. The Morgan fingerprint density at radius 2 is 0.684 bits per heavy atom. The van der Waals surface area contributed by atoms with Crippen molar-refractivity contribution in [2.75, 3.05) is 90.2 Å². The van der Waals surface area contributed by atoms with Crippen LogP contribution in [0, 0.1) is 0 Å². The Balaban J connectivity index is 5.44. The van der Waals surface area contributed by atoms with Gasteiger partial charge in [-0.05, 0) is 0 Å². The molecule has 0 radical (unpaired) electrons. The van der Waals surface area contributed by atoms with Crippen LogP contribution in [0.15, 0.2) is 0 Å². The van der Waals surface area contributed by atoms with Gasteiger partial charge in [0.15, 0.2) is 0 Å². The van der Waals surface area contributed by atoms with Gasteiger partial charge in [0, 0.05) is 58.9 Å². The van der Waals surface area contributed by atoms with E-state index in [0.29, 0.717) is 0 Å². The highest BCUT2D eigenvalue weighted by Crippen LogP contribution is 2.04. The monoisotopic (exact) mass is 601 g/mol. The summed E-state index contributed by atoms with van der Waals surface area (Å²) in [6.45, 7) is -2.52. The lowest BCUT2D eigenvalue weighted by Gasteiger charge is -2.33. The highest BCUT2D eigenvalue weighted by molar-refractivity contribution is 7.86. The van der Waals surface area contributed by atoms with E-state index in [2.05, 4.69) is 0 Å². The third-order valence-electron chi connectivity index (χ3n) is 5.25. The maximum atomic E-state index is 11.0. The molecule has 0 aliphatic heterocycles. The van der Waals surface area contributed by atoms with Crippen LogP contribution >= 0.6 is 0 Å². The summed E-state index contributed by atoms with van der Waals surface area (Å²) in [5.74, 6) is -1.92. The molecular formula is C19H43N3O14S2. The van der Waals surface area contributed by atoms with Crippen LogP contribution in [0.4, 0.5) is 0 Å². The van der Waals surface area contributed by atoms with E-state index in [1.807, 2.05) is 0 Å². The van der Waals surface area contributed by atoms with Crippen molar-refractivity contribution in [1.82, 2.24) is 14.7 Å². The molecule has 0 fully saturated rings. The summed E-state index contributed by atoms with van der Waals surface area (Å²) in [6.07, 6.45) is -6.69. The minimum absolute atomic E-state index is 0.0579. The summed E-state index contributed by atoms with van der Waals surface area (Å²) in [7, 11) is -8.97. The van der Waals surface area contributed by atoms with Crippen molar-refractivity contribution in [2.45, 2.75) is 30.5 Å². The van der Waals surface area contributed by atoms with Crippen LogP contribution in [-0.2, 0) is 20.2 Å². The predicted molar refractivity (Wildman–Crippen MR) is 133 cm³/mol. The lowest BCUT2D eigenvalue weighted by Crippen LogP contribution is -2.48. The van der Waals surface area contributed by atoms with Crippen molar-refractivity contribution in [3.05, 3.63) is 0 Å². The number of aliphatic hydroxyl groups is 8. The maximum Gasteiger partial charge on any atom is 0.267 e. The van der Waals surface area contributed by atoms with Crippen molar-refractivity contribution >= 4 is 20.2 Å². The van der Waals surface area contributed by atoms with Crippen molar-refractivity contribution in [3.63, 3.8) is 0 Å². The largest absolute Gasteiger partial charge is 0.394 e. The van der Waals surface area contributed by atoms with E-state index in [-0.39, 0.29) is 58.9 Å². The Bertz CT molecular complexity index is 773. The highest BCUT2D eigenvalue weighted by atomic mass is 32.2. The third-order valence-corrected chi connectivity index (χ3v) is 6.86. The van der Waals surface area contributed by atoms with Gasteiger partial charge in [0.25, 0.3) is 20.2 Å². The summed E-state index contributed by atoms with van der Waals surface area (Å²) in [5, 5.41) is 77.1. The van der Waals surface area contributed by atoms with Crippen LogP contribution < -0.4 is 0 Å². The second kappa shape index (κ2) is 18.7. The Labute approximate surface area is 222 Å². The van der Waals surface area contributed by atoms with E-state index in [9.17, 15) is 47.5 Å². The van der Waals surface area contributed by atoms with Gasteiger partial charge in [-0.2, -0.15) is 16.8 Å². The first-order valence-corrected chi connectivity index (χ1v) is 15.0. The van der Waals surface area contributed by atoms with Gasteiger partial charge in [0.05, 0.1) is 50.3 Å². The van der Waals surface area contributed by atoms with Crippen LogP contribution in [0.25, 0.3) is 0 Å². The molecule has 10 N–H and O–H groups in total. The normalized spacial score (nSPS) is 17.2. The van der Waals surface area contributed by atoms with Gasteiger partial charge in [-0.25, -0.2) is 0 Å². The number of hydrogen-bond donors (Lipinski definition) is 10. The minimum Gasteiger partial charge on any atom is -0.394 e. The molecule has 230 valence electrons. The molecular weight excluding hydrogens is 558 g/mol. The molecule has 0 aromatic carbocycles. The Hall–Kier alpha value is -0.620. The van der Waals surface area contributed by atoms with Gasteiger partial charge >= 0.3 is 0 Å². The molecule has 0 aliphatic rings. The molecule has 0 aromatic heterocycles. The topological polar surface area (TPSA) is 280 Å². The molecule has 0 heterocycles. The molecule has 0 aromatic rings. The van der Waals surface area contributed by atoms with Crippen LogP contribution in [0.5, 0.6) is 0 Å². The van der Waals surface area contributed by atoms with E-state index in [4.69, 9.17) is 19.3 Å². The SMILES string of the molecule is O=S(=O)(O)CC(O)CN(CCN(CCN(CC(O)CO)CC(O)CS(=O)(=O)O)CC(O)CO)CC(O)CO. The van der Waals surface area contributed by atoms with Gasteiger partial charge in [-0.1, -0.05) is 0 Å². The van der Waals surface area contributed by atoms with Gasteiger partial charge < -0.3 is 40.9 Å². The average molecular weight is 602 g/mol. The summed E-state index contributed by atoms with van der Waals surface area (Å²) in [4.78, 5) is 4.44. The van der Waals surface area contributed by atoms with E-state index in [0.717, 1.165) is 0 Å². The first kappa shape index (κ1) is 37.4. The number of rotatable bonds is 23. The standard InChI is InChI=1S/C19H43N3O14S2/c23-10-15(26)5-20(1-3-21(6-16(27)11-24)8-18(29)13-37(31,32)33)2-4-22(7-17(28)12-25)9-19(30)14-38(34,35)36/h15-19,23-30H,1-14H2,(H,31,32,33)(H,34,35,36). The molecule has 19 heteroatoms. The Morgan fingerprint density at radius 1 is 0.447 bits per heavy atom. The first-order chi connectivity index (χ1) is 17.5. The molecule has 0 spiro atoms. The second-order valence-corrected chi connectivity index (χ2v) is 12.1. The maximum absolute atomic E-state index is 11.0. The van der Waals surface area contributed by atoms with Crippen LogP contribution in [0.1, 0.15) is 0 Å². The number of aliphatic hydroxyl groups excluding tert-OH is 8. The van der Waals surface area contributed by atoms with Crippen molar-refractivity contribution < 1.29 is 66.8 Å². The fourth-order valence-electron chi connectivity index (χ4n) is 3.63. The quantitative estimate of drug-likeness (QED) is 0.0487.